The number of aliphatic hydroxyl groups is 1. The van der Waals surface area contributed by atoms with Gasteiger partial charge in [0.2, 0.25) is 0 Å². The molecule has 17 heavy (non-hydrogen) atoms. The van der Waals surface area contributed by atoms with E-state index in [0.29, 0.717) is 12.6 Å². The molecule has 0 spiro atoms. The van der Waals surface area contributed by atoms with Crippen molar-refractivity contribution in [2.45, 2.75) is 58.4 Å². The lowest BCUT2D eigenvalue weighted by Crippen LogP contribution is -2.44. The summed E-state index contributed by atoms with van der Waals surface area (Å²) in [5, 5.41) is 9.79. The summed E-state index contributed by atoms with van der Waals surface area (Å²) in [7, 11) is 2.25. The van der Waals surface area contributed by atoms with Crippen LogP contribution in [0.1, 0.15) is 52.4 Å². The van der Waals surface area contributed by atoms with Crippen molar-refractivity contribution in [3.05, 3.63) is 0 Å². The Balaban J connectivity index is 1.89. The molecule has 0 heterocycles. The standard InChI is InChI=1S/C15H29NO/c1-12-6-8-15(11-17,9-7-12)10-16(3)13(2)14-4-5-14/h12-14,17H,4-11H2,1-3H3. The maximum atomic E-state index is 9.79. The molecule has 1 atom stereocenters. The molecule has 2 nitrogen and oxygen atoms in total. The summed E-state index contributed by atoms with van der Waals surface area (Å²) in [6, 6.07) is 0.706. The third-order valence-electron chi connectivity index (χ3n) is 5.25. The zero-order valence-corrected chi connectivity index (χ0v) is 11.8. The Morgan fingerprint density at radius 1 is 1.24 bits per heavy atom. The average molecular weight is 239 g/mol. The molecule has 0 bridgehead atoms. The average Bonchev–Trinajstić information content (AvgIpc) is 3.15. The molecule has 0 aromatic rings. The molecule has 0 amide bonds. The minimum Gasteiger partial charge on any atom is -0.396 e. The Hall–Kier alpha value is -0.0800. The minimum atomic E-state index is 0.199. The highest BCUT2D eigenvalue weighted by Gasteiger charge is 2.38. The largest absolute Gasteiger partial charge is 0.396 e. The lowest BCUT2D eigenvalue weighted by molar-refractivity contribution is 0.0243. The fourth-order valence-electron chi connectivity index (χ4n) is 3.35. The fourth-order valence-corrected chi connectivity index (χ4v) is 3.35. The van der Waals surface area contributed by atoms with Gasteiger partial charge < -0.3 is 10.0 Å². The molecule has 2 aliphatic carbocycles. The van der Waals surface area contributed by atoms with Gasteiger partial charge in [0.05, 0.1) is 0 Å². The number of hydrogen-bond acceptors (Lipinski definition) is 2. The molecule has 0 saturated heterocycles. The first-order chi connectivity index (χ1) is 8.06. The van der Waals surface area contributed by atoms with Crippen molar-refractivity contribution in [1.82, 2.24) is 4.90 Å². The van der Waals surface area contributed by atoms with E-state index in [4.69, 9.17) is 0 Å². The van der Waals surface area contributed by atoms with E-state index in [9.17, 15) is 5.11 Å². The van der Waals surface area contributed by atoms with E-state index < -0.39 is 0 Å². The van der Waals surface area contributed by atoms with Gasteiger partial charge in [-0.25, -0.2) is 0 Å². The molecule has 2 rings (SSSR count). The van der Waals surface area contributed by atoms with E-state index in [1.807, 2.05) is 0 Å². The van der Waals surface area contributed by atoms with Crippen molar-refractivity contribution in [1.29, 1.82) is 0 Å². The topological polar surface area (TPSA) is 23.5 Å². The monoisotopic (exact) mass is 239 g/mol. The van der Waals surface area contributed by atoms with Crippen LogP contribution in [0.2, 0.25) is 0 Å². The second-order valence-electron chi connectivity index (χ2n) is 6.83. The van der Waals surface area contributed by atoms with Gasteiger partial charge in [-0.05, 0) is 51.5 Å². The van der Waals surface area contributed by atoms with Gasteiger partial charge in [0.15, 0.2) is 0 Å². The van der Waals surface area contributed by atoms with Gasteiger partial charge in [-0.2, -0.15) is 0 Å². The van der Waals surface area contributed by atoms with Crippen LogP contribution < -0.4 is 0 Å². The summed E-state index contributed by atoms with van der Waals surface area (Å²) >= 11 is 0. The lowest BCUT2D eigenvalue weighted by Gasteiger charge is -2.42. The van der Waals surface area contributed by atoms with E-state index in [0.717, 1.165) is 18.4 Å². The molecule has 0 aromatic carbocycles. The summed E-state index contributed by atoms with van der Waals surface area (Å²) in [6.07, 6.45) is 7.85. The highest BCUT2D eigenvalue weighted by atomic mass is 16.3. The van der Waals surface area contributed by atoms with Gasteiger partial charge >= 0.3 is 0 Å². The molecule has 2 heteroatoms. The third kappa shape index (κ3) is 3.23. The van der Waals surface area contributed by atoms with Crippen molar-refractivity contribution in [2.75, 3.05) is 20.2 Å². The molecule has 100 valence electrons. The van der Waals surface area contributed by atoms with Crippen molar-refractivity contribution >= 4 is 0 Å². The molecule has 0 radical (unpaired) electrons. The van der Waals surface area contributed by atoms with E-state index in [-0.39, 0.29) is 5.41 Å². The zero-order valence-electron chi connectivity index (χ0n) is 11.8. The third-order valence-corrected chi connectivity index (χ3v) is 5.25. The Labute approximate surface area is 106 Å². The lowest BCUT2D eigenvalue weighted by atomic mass is 9.71. The number of rotatable bonds is 5. The Kier molecular flexibility index (Phi) is 4.14. The molecule has 1 N–H and O–H groups in total. The molecular weight excluding hydrogens is 210 g/mol. The quantitative estimate of drug-likeness (QED) is 0.797. The van der Waals surface area contributed by atoms with E-state index in [1.54, 1.807) is 0 Å². The van der Waals surface area contributed by atoms with Crippen molar-refractivity contribution in [3.63, 3.8) is 0 Å². The minimum absolute atomic E-state index is 0.199. The molecule has 2 aliphatic rings. The Morgan fingerprint density at radius 3 is 2.29 bits per heavy atom. The molecule has 0 aliphatic heterocycles. The predicted molar refractivity (Wildman–Crippen MR) is 72.0 cm³/mol. The molecule has 2 saturated carbocycles. The van der Waals surface area contributed by atoms with Crippen LogP contribution in [0.4, 0.5) is 0 Å². The SMILES string of the molecule is CC1CCC(CO)(CN(C)C(C)C2CC2)CC1. The van der Waals surface area contributed by atoms with Gasteiger partial charge in [-0.1, -0.05) is 19.8 Å². The van der Waals surface area contributed by atoms with Crippen LogP contribution in [0.3, 0.4) is 0 Å². The summed E-state index contributed by atoms with van der Waals surface area (Å²) in [4.78, 5) is 2.50. The van der Waals surface area contributed by atoms with Gasteiger partial charge in [0.25, 0.3) is 0 Å². The summed E-state index contributed by atoms with van der Waals surface area (Å²) in [5.41, 5.74) is 0.199. The smallest absolute Gasteiger partial charge is 0.0499 e. The number of nitrogens with zero attached hydrogens (tertiary/aromatic N) is 1. The predicted octanol–water partition coefficient (Wildman–Crippen LogP) is 2.91. The highest BCUT2D eigenvalue weighted by Crippen LogP contribution is 2.41. The van der Waals surface area contributed by atoms with E-state index >= 15 is 0 Å². The fraction of sp³-hybridized carbons (Fsp3) is 1.00. The van der Waals surface area contributed by atoms with Crippen LogP contribution in [-0.4, -0.2) is 36.2 Å². The van der Waals surface area contributed by atoms with Crippen LogP contribution >= 0.6 is 0 Å². The zero-order chi connectivity index (χ0) is 12.5. The van der Waals surface area contributed by atoms with Gasteiger partial charge in [-0.15, -0.1) is 0 Å². The van der Waals surface area contributed by atoms with E-state index in [1.165, 1.54) is 38.5 Å². The van der Waals surface area contributed by atoms with Crippen molar-refractivity contribution < 1.29 is 5.11 Å². The van der Waals surface area contributed by atoms with Gasteiger partial charge in [0.1, 0.15) is 0 Å². The van der Waals surface area contributed by atoms with Crippen LogP contribution in [-0.2, 0) is 0 Å². The van der Waals surface area contributed by atoms with Crippen LogP contribution in [0, 0.1) is 17.3 Å². The van der Waals surface area contributed by atoms with Gasteiger partial charge in [-0.3, -0.25) is 0 Å². The summed E-state index contributed by atoms with van der Waals surface area (Å²) in [5.74, 6) is 1.79. The highest BCUT2D eigenvalue weighted by molar-refractivity contribution is 4.90. The normalized spacial score (nSPS) is 36.2. The Morgan fingerprint density at radius 2 is 1.82 bits per heavy atom. The first kappa shape index (κ1) is 13.4. The second kappa shape index (κ2) is 5.27. The van der Waals surface area contributed by atoms with Crippen LogP contribution in [0.5, 0.6) is 0 Å². The molecule has 2 fully saturated rings. The molecule has 1 unspecified atom stereocenters. The molecular formula is C15H29NO. The maximum absolute atomic E-state index is 9.79. The Bertz CT molecular complexity index is 241. The van der Waals surface area contributed by atoms with Crippen molar-refractivity contribution in [3.8, 4) is 0 Å². The van der Waals surface area contributed by atoms with E-state index in [2.05, 4.69) is 25.8 Å². The summed E-state index contributed by atoms with van der Waals surface area (Å²) < 4.78 is 0. The summed E-state index contributed by atoms with van der Waals surface area (Å²) in [6.45, 7) is 6.17. The van der Waals surface area contributed by atoms with Crippen molar-refractivity contribution in [2.24, 2.45) is 17.3 Å². The first-order valence-corrected chi connectivity index (χ1v) is 7.37. The van der Waals surface area contributed by atoms with Gasteiger partial charge in [0, 0.05) is 24.6 Å². The number of hydrogen-bond donors (Lipinski definition) is 1. The van der Waals surface area contributed by atoms with Crippen LogP contribution in [0.25, 0.3) is 0 Å². The van der Waals surface area contributed by atoms with Crippen LogP contribution in [0.15, 0.2) is 0 Å². The second-order valence-corrected chi connectivity index (χ2v) is 6.83. The number of aliphatic hydroxyl groups excluding tert-OH is 1. The maximum Gasteiger partial charge on any atom is 0.0499 e. The first-order valence-electron chi connectivity index (χ1n) is 7.37. The molecule has 0 aromatic heterocycles.